The number of fused-ring (bicyclic) bond motifs is 1. The molecule has 6 nitrogen and oxygen atoms in total. The monoisotopic (exact) mass is 488 g/mol. The smallest absolute Gasteiger partial charge is 0.301 e. The van der Waals surface area contributed by atoms with Crippen molar-refractivity contribution in [2.24, 2.45) is 0 Å². The van der Waals surface area contributed by atoms with Gasteiger partial charge in [0.2, 0.25) is 0 Å². The fourth-order valence-electron chi connectivity index (χ4n) is 4.41. The molecule has 1 N–H and O–H groups in total. The van der Waals surface area contributed by atoms with Gasteiger partial charge in [0.05, 0.1) is 22.9 Å². The first kappa shape index (κ1) is 22.7. The molecule has 4 aromatic rings. The highest BCUT2D eigenvalue weighted by Gasteiger charge is 2.49. The summed E-state index contributed by atoms with van der Waals surface area (Å²) in [5.74, 6) is -2.34. The maximum Gasteiger partial charge on any atom is 0.301 e. The number of thiazole rings is 1. The Balaban J connectivity index is 1.76. The number of ether oxygens (including phenoxy) is 1. The molecule has 1 aliphatic heterocycles. The predicted octanol–water partition coefficient (Wildman–Crippen LogP) is 5.69. The van der Waals surface area contributed by atoms with Crippen molar-refractivity contribution >= 4 is 44.1 Å². The number of nitrogens with zero attached hydrogens (tertiary/aromatic N) is 2. The molecule has 0 bridgehead atoms. The SMILES string of the molecule is COc1cccc(C(O)=C2C(=O)C(=O)N(c3nc4c(C)cc(C)cc4s3)[C@H]2c2ccccc2F)c1. The Kier molecular flexibility index (Phi) is 5.61. The van der Waals surface area contributed by atoms with E-state index in [0.717, 1.165) is 15.8 Å². The van der Waals surface area contributed by atoms with Gasteiger partial charge in [-0.15, -0.1) is 0 Å². The number of aryl methyl sites for hydroxylation is 2. The third-order valence-corrected chi connectivity index (χ3v) is 7.01. The van der Waals surface area contributed by atoms with Gasteiger partial charge in [-0.2, -0.15) is 0 Å². The fourth-order valence-corrected chi connectivity index (χ4v) is 5.58. The van der Waals surface area contributed by atoms with E-state index in [4.69, 9.17) is 4.74 Å². The maximum atomic E-state index is 15.1. The summed E-state index contributed by atoms with van der Waals surface area (Å²) in [5, 5.41) is 11.5. The van der Waals surface area contributed by atoms with Gasteiger partial charge in [-0.25, -0.2) is 9.37 Å². The zero-order valence-electron chi connectivity index (χ0n) is 19.2. The van der Waals surface area contributed by atoms with Crippen molar-refractivity contribution in [3.8, 4) is 5.75 Å². The van der Waals surface area contributed by atoms with Crippen molar-refractivity contribution in [3.05, 3.63) is 94.3 Å². The van der Waals surface area contributed by atoms with Crippen molar-refractivity contribution in [2.75, 3.05) is 12.0 Å². The quantitative estimate of drug-likeness (QED) is 0.227. The lowest BCUT2D eigenvalue weighted by Gasteiger charge is -2.23. The molecular formula is C27H21FN2O4S. The molecule has 1 atom stereocenters. The molecule has 1 amide bonds. The van der Waals surface area contributed by atoms with E-state index in [1.54, 1.807) is 30.3 Å². The first-order valence-electron chi connectivity index (χ1n) is 10.9. The highest BCUT2D eigenvalue weighted by molar-refractivity contribution is 7.22. The lowest BCUT2D eigenvalue weighted by atomic mass is 9.95. The molecule has 5 rings (SSSR count). The summed E-state index contributed by atoms with van der Waals surface area (Å²) in [6.07, 6.45) is 0. The topological polar surface area (TPSA) is 79.7 Å². The van der Waals surface area contributed by atoms with Crippen LogP contribution in [-0.2, 0) is 9.59 Å². The van der Waals surface area contributed by atoms with Crippen LogP contribution in [0.5, 0.6) is 5.75 Å². The molecule has 8 heteroatoms. The number of aromatic nitrogens is 1. The number of rotatable bonds is 4. The number of amides is 1. The first-order valence-corrected chi connectivity index (χ1v) is 11.7. The summed E-state index contributed by atoms with van der Waals surface area (Å²) in [7, 11) is 1.48. The van der Waals surface area contributed by atoms with E-state index >= 15 is 4.39 Å². The number of halogens is 1. The minimum Gasteiger partial charge on any atom is -0.507 e. The number of methoxy groups -OCH3 is 1. The normalized spacial score (nSPS) is 17.4. The Morgan fingerprint density at radius 2 is 1.86 bits per heavy atom. The largest absolute Gasteiger partial charge is 0.507 e. The van der Waals surface area contributed by atoms with E-state index in [2.05, 4.69) is 4.98 Å². The van der Waals surface area contributed by atoms with Gasteiger partial charge in [0.25, 0.3) is 5.78 Å². The maximum absolute atomic E-state index is 15.1. The third kappa shape index (κ3) is 3.76. The van der Waals surface area contributed by atoms with Gasteiger partial charge in [0, 0.05) is 11.1 Å². The average Bonchev–Trinajstić information content (AvgIpc) is 3.37. The van der Waals surface area contributed by atoms with Crippen molar-refractivity contribution in [3.63, 3.8) is 0 Å². The highest BCUT2D eigenvalue weighted by atomic mass is 32.1. The summed E-state index contributed by atoms with van der Waals surface area (Å²) < 4.78 is 21.1. The summed E-state index contributed by atoms with van der Waals surface area (Å²) >= 11 is 1.24. The summed E-state index contributed by atoms with van der Waals surface area (Å²) in [5.41, 5.74) is 2.83. The minimum atomic E-state index is -1.19. The van der Waals surface area contributed by atoms with Crippen LogP contribution in [0.4, 0.5) is 9.52 Å². The van der Waals surface area contributed by atoms with Gasteiger partial charge in [-0.1, -0.05) is 47.7 Å². The molecule has 1 saturated heterocycles. The second-order valence-electron chi connectivity index (χ2n) is 8.35. The zero-order valence-corrected chi connectivity index (χ0v) is 20.0. The van der Waals surface area contributed by atoms with Gasteiger partial charge in [-0.3, -0.25) is 14.5 Å². The number of aliphatic hydroxyl groups excluding tert-OH is 1. The first-order chi connectivity index (χ1) is 16.8. The molecule has 3 aromatic carbocycles. The number of Topliss-reactive ketones (excluding diaryl/α,β-unsaturated/α-hetero) is 1. The molecule has 1 aliphatic rings. The van der Waals surface area contributed by atoms with Crippen LogP contribution in [0.25, 0.3) is 16.0 Å². The molecule has 1 aromatic heterocycles. The van der Waals surface area contributed by atoms with E-state index < -0.39 is 29.3 Å². The van der Waals surface area contributed by atoms with E-state index in [1.165, 1.54) is 41.5 Å². The molecule has 0 radical (unpaired) electrons. The van der Waals surface area contributed by atoms with Crippen LogP contribution in [0, 0.1) is 19.7 Å². The Hall–Kier alpha value is -4.04. The lowest BCUT2D eigenvalue weighted by Crippen LogP contribution is -2.29. The van der Waals surface area contributed by atoms with Crippen LogP contribution in [0.2, 0.25) is 0 Å². The third-order valence-electron chi connectivity index (χ3n) is 6.01. The van der Waals surface area contributed by atoms with Crippen LogP contribution in [-0.4, -0.2) is 28.9 Å². The molecule has 0 saturated carbocycles. The zero-order chi connectivity index (χ0) is 24.9. The van der Waals surface area contributed by atoms with Crippen molar-refractivity contribution in [2.45, 2.75) is 19.9 Å². The number of hydrogen-bond acceptors (Lipinski definition) is 6. The van der Waals surface area contributed by atoms with E-state index in [0.29, 0.717) is 11.3 Å². The summed E-state index contributed by atoms with van der Waals surface area (Å²) in [6.45, 7) is 3.88. The minimum absolute atomic E-state index is 0.0864. The van der Waals surface area contributed by atoms with Crippen molar-refractivity contribution in [1.82, 2.24) is 4.98 Å². The molecule has 2 heterocycles. The Morgan fingerprint density at radius 3 is 2.60 bits per heavy atom. The van der Waals surface area contributed by atoms with Gasteiger partial charge in [-0.05, 0) is 49.2 Å². The van der Waals surface area contributed by atoms with Crippen LogP contribution in [0.15, 0.2) is 66.2 Å². The molecule has 176 valence electrons. The molecule has 1 fully saturated rings. The number of aliphatic hydroxyl groups is 1. The number of carbonyl (C=O) groups is 2. The molecule has 0 unspecified atom stereocenters. The van der Waals surface area contributed by atoms with Crippen molar-refractivity contribution in [1.29, 1.82) is 0 Å². The van der Waals surface area contributed by atoms with Gasteiger partial charge in [0.1, 0.15) is 23.4 Å². The van der Waals surface area contributed by atoms with Crippen molar-refractivity contribution < 1.29 is 23.8 Å². The van der Waals surface area contributed by atoms with Gasteiger partial charge < -0.3 is 9.84 Å². The number of carbonyl (C=O) groups excluding carboxylic acids is 2. The fraction of sp³-hybridized carbons (Fsp3) is 0.148. The Morgan fingerprint density at radius 1 is 1.09 bits per heavy atom. The number of ketones is 1. The second-order valence-corrected chi connectivity index (χ2v) is 9.36. The molecule has 0 aliphatic carbocycles. The molecule has 0 spiro atoms. The van der Waals surface area contributed by atoms with Crippen LogP contribution in [0.1, 0.15) is 28.3 Å². The summed E-state index contributed by atoms with van der Waals surface area (Å²) in [4.78, 5) is 32.5. The number of hydrogen-bond donors (Lipinski definition) is 1. The van der Waals surface area contributed by atoms with Crippen LogP contribution >= 0.6 is 11.3 Å². The molecular weight excluding hydrogens is 467 g/mol. The molecule has 35 heavy (non-hydrogen) atoms. The Bertz CT molecular complexity index is 1540. The highest BCUT2D eigenvalue weighted by Crippen LogP contribution is 2.45. The second kappa shape index (κ2) is 8.63. The van der Waals surface area contributed by atoms with Crippen LogP contribution in [0.3, 0.4) is 0 Å². The standard InChI is InChI=1S/C27H21FN2O4S/c1-14-11-15(2)22-20(12-14)35-27(29-22)30-23(18-9-4-5-10-19(18)28)21(25(32)26(30)33)24(31)16-7-6-8-17(13-16)34-3/h4-13,23,31H,1-3H3/t23-/m0/s1. The lowest BCUT2D eigenvalue weighted by molar-refractivity contribution is -0.132. The number of benzene rings is 3. The van der Waals surface area contributed by atoms with E-state index in [9.17, 15) is 14.7 Å². The van der Waals surface area contributed by atoms with Crippen LogP contribution < -0.4 is 9.64 Å². The van der Waals surface area contributed by atoms with Gasteiger partial charge >= 0.3 is 5.91 Å². The predicted molar refractivity (Wildman–Crippen MR) is 133 cm³/mol. The van der Waals surface area contributed by atoms with E-state index in [-0.39, 0.29) is 21.8 Å². The van der Waals surface area contributed by atoms with E-state index in [1.807, 2.05) is 26.0 Å². The summed E-state index contributed by atoms with van der Waals surface area (Å²) in [6, 6.07) is 15.1. The Labute approximate surface area is 204 Å². The average molecular weight is 489 g/mol. The number of anilines is 1. The van der Waals surface area contributed by atoms with Gasteiger partial charge in [0.15, 0.2) is 5.13 Å².